The van der Waals surface area contributed by atoms with Crippen molar-refractivity contribution >= 4 is 17.3 Å². The van der Waals surface area contributed by atoms with E-state index in [0.717, 1.165) is 12.1 Å². The lowest BCUT2D eigenvalue weighted by atomic mass is 9.95. The molecule has 27 heavy (non-hydrogen) atoms. The summed E-state index contributed by atoms with van der Waals surface area (Å²) in [5, 5.41) is 6.82. The van der Waals surface area contributed by atoms with Crippen LogP contribution in [0.1, 0.15) is 25.8 Å². The summed E-state index contributed by atoms with van der Waals surface area (Å²) in [4.78, 5) is 6.75. The number of hydrogen-bond donors (Lipinski definition) is 0. The third-order valence-corrected chi connectivity index (χ3v) is 3.76. The largest absolute Gasteiger partial charge is 0.479 e. The van der Waals surface area contributed by atoms with Gasteiger partial charge in [-0.25, -0.2) is 9.84 Å². The molecule has 0 saturated carbocycles. The Morgan fingerprint density at radius 1 is 1.33 bits per heavy atom. The molecule has 0 saturated heterocycles. The topological polar surface area (TPSA) is 50.7 Å². The van der Waals surface area contributed by atoms with Gasteiger partial charge < -0.3 is 4.74 Å². The molecule has 1 heterocycles. The highest BCUT2D eigenvalue weighted by molar-refractivity contribution is 5.89. The van der Waals surface area contributed by atoms with Gasteiger partial charge in [-0.2, -0.15) is 36.6 Å². The predicted octanol–water partition coefficient (Wildman–Crippen LogP) is 5.87. The van der Waals surface area contributed by atoms with E-state index in [1.807, 2.05) is 0 Å². The van der Waals surface area contributed by atoms with Gasteiger partial charge in [0, 0.05) is 6.42 Å². The highest BCUT2D eigenvalue weighted by atomic mass is 19.4. The number of hydrogen-bond acceptors (Lipinski definition) is 4. The van der Waals surface area contributed by atoms with Crippen molar-refractivity contribution < 1.29 is 31.1 Å². The zero-order valence-corrected chi connectivity index (χ0v) is 14.2. The van der Waals surface area contributed by atoms with E-state index in [1.165, 1.54) is 6.92 Å². The molecule has 1 aliphatic heterocycles. The maximum Gasteiger partial charge on any atom is 0.412 e. The molecule has 0 radical (unpaired) electrons. The summed E-state index contributed by atoms with van der Waals surface area (Å²) in [5.41, 5.74) is -3.58. The number of ether oxygens (including phenoxy) is 1. The summed E-state index contributed by atoms with van der Waals surface area (Å²) in [7, 11) is 0. The maximum atomic E-state index is 13.1. The van der Waals surface area contributed by atoms with Crippen LogP contribution in [0.5, 0.6) is 0 Å². The summed E-state index contributed by atoms with van der Waals surface area (Å²) < 4.78 is 83.1. The number of nitrogens with zero attached hydrogens (tertiary/aromatic N) is 4. The van der Waals surface area contributed by atoms with Crippen LogP contribution in [-0.2, 0) is 10.9 Å². The standard InChI is InChI=1S/C16H14F6N4O/c1-4-27-13(14(2)8-12(25-26-14)16(20,21)22)24-9-5-6-11(23-3)10(7-9)15(17,18)19/h5-7,12H,4,8H2,1-2H3/b24-13-/t12?,14-/m0/s1. The third kappa shape index (κ3) is 4.56. The predicted molar refractivity (Wildman–Crippen MR) is 84.1 cm³/mol. The molecule has 0 spiro atoms. The van der Waals surface area contributed by atoms with E-state index in [4.69, 9.17) is 11.3 Å². The Morgan fingerprint density at radius 3 is 2.48 bits per heavy atom. The SMILES string of the molecule is [C-]#[N+]c1ccc(/N=C(\OCC)[C@]2(C)CC(C(F)(F)F)N=N2)cc1C(F)(F)F. The molecule has 0 fully saturated rings. The molecule has 0 N–H and O–H groups in total. The first-order valence-corrected chi connectivity index (χ1v) is 7.70. The average molecular weight is 392 g/mol. The van der Waals surface area contributed by atoms with Crippen molar-refractivity contribution in [2.75, 3.05) is 6.61 Å². The zero-order chi connectivity index (χ0) is 20.5. The van der Waals surface area contributed by atoms with E-state index >= 15 is 0 Å². The molecule has 1 aromatic carbocycles. The van der Waals surface area contributed by atoms with E-state index in [0.29, 0.717) is 6.07 Å². The first-order chi connectivity index (χ1) is 12.4. The Labute approximate surface area is 150 Å². The van der Waals surface area contributed by atoms with Gasteiger partial charge in [-0.15, -0.1) is 0 Å². The highest BCUT2D eigenvalue weighted by Gasteiger charge is 2.51. The molecule has 11 heteroatoms. The molecular weight excluding hydrogens is 378 g/mol. The molecule has 146 valence electrons. The van der Waals surface area contributed by atoms with Crippen molar-refractivity contribution in [1.29, 1.82) is 0 Å². The van der Waals surface area contributed by atoms with Gasteiger partial charge in [0.2, 0.25) is 5.90 Å². The van der Waals surface area contributed by atoms with Gasteiger partial charge in [-0.1, -0.05) is 6.07 Å². The molecule has 0 amide bonds. The van der Waals surface area contributed by atoms with Crippen molar-refractivity contribution in [1.82, 2.24) is 0 Å². The van der Waals surface area contributed by atoms with E-state index in [1.54, 1.807) is 6.92 Å². The lowest BCUT2D eigenvalue weighted by Crippen LogP contribution is -2.37. The van der Waals surface area contributed by atoms with Crippen LogP contribution in [0.25, 0.3) is 4.85 Å². The number of rotatable bonds is 3. The molecule has 2 rings (SSSR count). The second-order valence-electron chi connectivity index (χ2n) is 5.91. The first kappa shape index (κ1) is 20.7. The number of aliphatic imine (C=N–C) groups is 1. The second kappa shape index (κ2) is 7.17. The molecule has 2 atom stereocenters. The van der Waals surface area contributed by atoms with Crippen LogP contribution in [0.3, 0.4) is 0 Å². The van der Waals surface area contributed by atoms with Crippen LogP contribution >= 0.6 is 0 Å². The van der Waals surface area contributed by atoms with E-state index in [-0.39, 0.29) is 18.2 Å². The van der Waals surface area contributed by atoms with E-state index < -0.39 is 41.6 Å². The molecule has 5 nitrogen and oxygen atoms in total. The molecule has 0 aromatic heterocycles. The Balaban J connectivity index is 2.45. The van der Waals surface area contributed by atoms with Gasteiger partial charge in [0.25, 0.3) is 0 Å². The van der Waals surface area contributed by atoms with Crippen molar-refractivity contribution in [3.05, 3.63) is 35.2 Å². The van der Waals surface area contributed by atoms with Crippen LogP contribution < -0.4 is 0 Å². The van der Waals surface area contributed by atoms with Crippen molar-refractivity contribution in [2.45, 2.75) is 44.2 Å². The maximum absolute atomic E-state index is 13.1. The van der Waals surface area contributed by atoms with E-state index in [2.05, 4.69) is 20.1 Å². The Kier molecular flexibility index (Phi) is 5.49. The molecule has 1 aromatic rings. The second-order valence-corrected chi connectivity index (χ2v) is 5.91. The van der Waals surface area contributed by atoms with Gasteiger partial charge >= 0.3 is 12.4 Å². The van der Waals surface area contributed by atoms with Gasteiger partial charge in [0.05, 0.1) is 24.4 Å². The summed E-state index contributed by atoms with van der Waals surface area (Å²) in [5.74, 6) is -0.274. The van der Waals surface area contributed by atoms with Gasteiger partial charge in [0.1, 0.15) is 0 Å². The van der Waals surface area contributed by atoms with Crippen molar-refractivity contribution in [2.24, 2.45) is 15.2 Å². The van der Waals surface area contributed by atoms with Gasteiger partial charge in [0.15, 0.2) is 17.3 Å². The molecule has 0 bridgehead atoms. The Morgan fingerprint density at radius 2 is 2.00 bits per heavy atom. The van der Waals surface area contributed by atoms with E-state index in [9.17, 15) is 26.3 Å². The minimum atomic E-state index is -4.78. The minimum Gasteiger partial charge on any atom is -0.479 e. The van der Waals surface area contributed by atoms with Crippen LogP contribution in [-0.4, -0.2) is 30.3 Å². The van der Waals surface area contributed by atoms with Crippen LogP contribution in [0.2, 0.25) is 0 Å². The number of benzene rings is 1. The summed E-state index contributed by atoms with van der Waals surface area (Å²) >= 11 is 0. The summed E-state index contributed by atoms with van der Waals surface area (Å²) in [6.07, 6.45) is -9.95. The Hall–Kier alpha value is -2.64. The fraction of sp³-hybridized carbons (Fsp3) is 0.500. The van der Waals surface area contributed by atoms with Crippen LogP contribution in [0.15, 0.2) is 33.4 Å². The lowest BCUT2D eigenvalue weighted by molar-refractivity contribution is -0.147. The number of halogens is 6. The molecule has 0 aliphatic carbocycles. The lowest BCUT2D eigenvalue weighted by Gasteiger charge is -2.23. The first-order valence-electron chi connectivity index (χ1n) is 7.70. The molecular formula is C16H14F6N4O. The van der Waals surface area contributed by atoms with Crippen molar-refractivity contribution in [3.63, 3.8) is 0 Å². The third-order valence-electron chi connectivity index (χ3n) is 3.76. The van der Waals surface area contributed by atoms with Crippen LogP contribution in [0.4, 0.5) is 37.7 Å². The van der Waals surface area contributed by atoms with Crippen molar-refractivity contribution in [3.8, 4) is 0 Å². The normalized spacial score (nSPS) is 23.4. The monoisotopic (exact) mass is 392 g/mol. The Bertz CT molecular complexity index is 809. The minimum absolute atomic E-state index is 0.0207. The van der Waals surface area contributed by atoms with Gasteiger partial charge in [-0.3, -0.25) is 0 Å². The molecule has 1 unspecified atom stereocenters. The fourth-order valence-corrected chi connectivity index (χ4v) is 2.45. The average Bonchev–Trinajstić information content (AvgIpc) is 2.97. The fourth-order valence-electron chi connectivity index (χ4n) is 2.45. The summed E-state index contributed by atoms with van der Waals surface area (Å²) in [6, 6.07) is 0.694. The zero-order valence-electron chi connectivity index (χ0n) is 14.2. The number of azo groups is 1. The number of alkyl halides is 6. The van der Waals surface area contributed by atoms with Gasteiger partial charge in [-0.05, 0) is 26.0 Å². The summed E-state index contributed by atoms with van der Waals surface area (Å²) in [6.45, 7) is 9.71. The highest BCUT2D eigenvalue weighted by Crippen LogP contribution is 2.40. The quantitative estimate of drug-likeness (QED) is 0.275. The molecule has 1 aliphatic rings. The smallest absolute Gasteiger partial charge is 0.412 e. The van der Waals surface area contributed by atoms with Crippen LogP contribution in [0, 0.1) is 6.57 Å².